The number of ether oxygens (including phenoxy) is 1. The van der Waals surface area contributed by atoms with Crippen LogP contribution in [0.3, 0.4) is 0 Å². The predicted molar refractivity (Wildman–Crippen MR) is 81.0 cm³/mol. The average Bonchev–Trinajstić information content (AvgIpc) is 2.93. The molecule has 0 spiro atoms. The zero-order chi connectivity index (χ0) is 14.5. The summed E-state index contributed by atoms with van der Waals surface area (Å²) in [4.78, 5) is 17.3. The molecule has 2 rings (SSSR count). The van der Waals surface area contributed by atoms with Gasteiger partial charge in [-0.3, -0.25) is 0 Å². The molecule has 0 saturated heterocycles. The lowest BCUT2D eigenvalue weighted by molar-refractivity contribution is 0.0602. The summed E-state index contributed by atoms with van der Waals surface area (Å²) in [6, 6.07) is 5.12. The Labute approximate surface area is 121 Å². The molecule has 1 heterocycles. The fraction of sp³-hybridized carbons (Fsp3) is 0.286. The lowest BCUT2D eigenvalue weighted by Gasteiger charge is -2.10. The molecule has 20 heavy (non-hydrogen) atoms. The largest absolute Gasteiger partial charge is 0.465 e. The smallest absolute Gasteiger partial charge is 0.340 e. The number of nitrogens with zero attached hydrogens (tertiary/aromatic N) is 1. The van der Waals surface area contributed by atoms with Crippen molar-refractivity contribution in [2.75, 3.05) is 18.2 Å². The van der Waals surface area contributed by atoms with Crippen molar-refractivity contribution in [1.82, 2.24) is 4.98 Å². The molecular formula is C14H17N3O2S. The first kappa shape index (κ1) is 14.3. The first-order valence-electron chi connectivity index (χ1n) is 6.29. The van der Waals surface area contributed by atoms with Crippen LogP contribution in [0.4, 0.5) is 11.4 Å². The molecule has 0 saturated carbocycles. The molecule has 6 heteroatoms. The molecule has 0 bridgehead atoms. The van der Waals surface area contributed by atoms with E-state index in [2.05, 4.69) is 17.2 Å². The number of anilines is 2. The minimum Gasteiger partial charge on any atom is -0.465 e. The van der Waals surface area contributed by atoms with Crippen LogP contribution in [0.2, 0.25) is 0 Å². The summed E-state index contributed by atoms with van der Waals surface area (Å²) in [6.45, 7) is 2.67. The number of nitrogens with two attached hydrogens (primary N) is 1. The van der Waals surface area contributed by atoms with Crippen molar-refractivity contribution in [3.05, 3.63) is 39.8 Å². The Morgan fingerprint density at radius 2 is 2.30 bits per heavy atom. The zero-order valence-electron chi connectivity index (χ0n) is 11.5. The van der Waals surface area contributed by atoms with Crippen LogP contribution in [0.15, 0.2) is 24.4 Å². The zero-order valence-corrected chi connectivity index (χ0v) is 12.3. The predicted octanol–water partition coefficient (Wildman–Crippen LogP) is 2.69. The van der Waals surface area contributed by atoms with Crippen LogP contribution in [-0.4, -0.2) is 18.1 Å². The quantitative estimate of drug-likeness (QED) is 0.654. The third kappa shape index (κ3) is 3.27. The van der Waals surface area contributed by atoms with Gasteiger partial charge in [-0.25, -0.2) is 9.78 Å². The number of rotatable bonds is 5. The lowest BCUT2D eigenvalue weighted by atomic mass is 10.1. The normalized spacial score (nSPS) is 10.3. The Bertz CT molecular complexity index is 610. The van der Waals surface area contributed by atoms with Crippen LogP contribution in [0.1, 0.15) is 27.2 Å². The number of aryl methyl sites for hydroxylation is 1. The highest BCUT2D eigenvalue weighted by Gasteiger charge is 2.12. The Hall–Kier alpha value is -2.08. The Morgan fingerprint density at radius 3 is 2.95 bits per heavy atom. The molecular weight excluding hydrogens is 274 g/mol. The monoisotopic (exact) mass is 291 g/mol. The molecule has 0 aliphatic carbocycles. The molecule has 3 N–H and O–H groups in total. The maximum absolute atomic E-state index is 11.7. The van der Waals surface area contributed by atoms with Crippen LogP contribution < -0.4 is 11.1 Å². The van der Waals surface area contributed by atoms with Gasteiger partial charge in [0.25, 0.3) is 0 Å². The number of thiazole rings is 1. The number of esters is 1. The van der Waals surface area contributed by atoms with Gasteiger partial charge in [-0.2, -0.15) is 0 Å². The third-order valence-electron chi connectivity index (χ3n) is 2.83. The minimum absolute atomic E-state index is 0.409. The lowest BCUT2D eigenvalue weighted by Crippen LogP contribution is -2.08. The Morgan fingerprint density at radius 1 is 1.50 bits per heavy atom. The van der Waals surface area contributed by atoms with E-state index in [4.69, 9.17) is 10.5 Å². The van der Waals surface area contributed by atoms with Crippen LogP contribution in [0.25, 0.3) is 0 Å². The van der Waals surface area contributed by atoms with Gasteiger partial charge >= 0.3 is 5.97 Å². The summed E-state index contributed by atoms with van der Waals surface area (Å²) in [5, 5.41) is 4.18. The third-order valence-corrected chi connectivity index (χ3v) is 3.97. The number of methoxy groups -OCH3 is 1. The van der Waals surface area contributed by atoms with Crippen molar-refractivity contribution < 1.29 is 9.53 Å². The van der Waals surface area contributed by atoms with Gasteiger partial charge in [-0.05, 0) is 24.6 Å². The van der Waals surface area contributed by atoms with Crippen molar-refractivity contribution in [3.63, 3.8) is 0 Å². The standard InChI is InChI=1S/C14H17N3O2S/c1-3-10-7-17-13(20-10)8-16-12-5-4-9(15)6-11(12)14(18)19-2/h4-7,16H,3,8,15H2,1-2H3. The van der Waals surface area contributed by atoms with Gasteiger partial charge in [-0.1, -0.05) is 6.92 Å². The number of benzene rings is 1. The van der Waals surface area contributed by atoms with Gasteiger partial charge in [0.05, 0.1) is 19.2 Å². The number of aromatic nitrogens is 1. The van der Waals surface area contributed by atoms with Gasteiger partial charge in [0.15, 0.2) is 0 Å². The highest BCUT2D eigenvalue weighted by Crippen LogP contribution is 2.21. The van der Waals surface area contributed by atoms with Gasteiger partial charge in [0.1, 0.15) is 5.01 Å². The first-order chi connectivity index (χ1) is 9.63. The molecule has 0 unspecified atom stereocenters. The van der Waals surface area contributed by atoms with E-state index in [0.717, 1.165) is 11.4 Å². The Balaban J connectivity index is 2.14. The minimum atomic E-state index is -0.409. The fourth-order valence-corrected chi connectivity index (χ4v) is 2.56. The van der Waals surface area contributed by atoms with Gasteiger partial charge in [0.2, 0.25) is 0 Å². The topological polar surface area (TPSA) is 77.2 Å². The summed E-state index contributed by atoms with van der Waals surface area (Å²) in [6.07, 6.45) is 2.86. The van der Waals surface area contributed by atoms with Crippen molar-refractivity contribution in [1.29, 1.82) is 0 Å². The van der Waals surface area contributed by atoms with Gasteiger partial charge < -0.3 is 15.8 Å². The molecule has 0 aliphatic heterocycles. The van der Waals surface area contributed by atoms with Crippen LogP contribution in [0, 0.1) is 0 Å². The molecule has 0 fully saturated rings. The maximum Gasteiger partial charge on any atom is 0.340 e. The highest BCUT2D eigenvalue weighted by atomic mass is 32.1. The van der Waals surface area contributed by atoms with E-state index < -0.39 is 5.97 Å². The SMILES string of the molecule is CCc1cnc(CNc2ccc(N)cc2C(=O)OC)s1. The summed E-state index contributed by atoms with van der Waals surface area (Å²) in [5.74, 6) is -0.409. The van der Waals surface area contributed by atoms with Crippen molar-refractivity contribution in [2.24, 2.45) is 0 Å². The number of carbonyl (C=O) groups is 1. The van der Waals surface area contributed by atoms with E-state index in [1.165, 1.54) is 12.0 Å². The second-order valence-corrected chi connectivity index (χ2v) is 5.42. The molecule has 1 aromatic carbocycles. The first-order valence-corrected chi connectivity index (χ1v) is 7.11. The van der Waals surface area contributed by atoms with Crippen molar-refractivity contribution in [3.8, 4) is 0 Å². The number of nitrogens with one attached hydrogen (secondary N) is 1. The molecule has 0 aliphatic rings. The Kier molecular flexibility index (Phi) is 4.57. The van der Waals surface area contributed by atoms with Crippen LogP contribution in [-0.2, 0) is 17.7 Å². The average molecular weight is 291 g/mol. The number of nitrogen functional groups attached to an aromatic ring is 1. The second kappa shape index (κ2) is 6.38. The number of carbonyl (C=O) groups excluding carboxylic acids is 1. The van der Waals surface area contributed by atoms with Crippen molar-refractivity contribution in [2.45, 2.75) is 19.9 Å². The van der Waals surface area contributed by atoms with Crippen LogP contribution >= 0.6 is 11.3 Å². The van der Waals surface area contributed by atoms with E-state index in [9.17, 15) is 4.79 Å². The van der Waals surface area contributed by atoms with E-state index in [1.807, 2.05) is 6.20 Å². The second-order valence-electron chi connectivity index (χ2n) is 4.22. The molecule has 0 atom stereocenters. The summed E-state index contributed by atoms with van der Waals surface area (Å²) in [5.41, 5.74) is 7.35. The summed E-state index contributed by atoms with van der Waals surface area (Å²) in [7, 11) is 1.35. The molecule has 0 amide bonds. The number of hydrogen-bond acceptors (Lipinski definition) is 6. The molecule has 5 nitrogen and oxygen atoms in total. The highest BCUT2D eigenvalue weighted by molar-refractivity contribution is 7.11. The number of hydrogen-bond donors (Lipinski definition) is 2. The molecule has 2 aromatic rings. The fourth-order valence-electron chi connectivity index (χ4n) is 1.76. The van der Waals surface area contributed by atoms with E-state index >= 15 is 0 Å². The van der Waals surface area contributed by atoms with Gasteiger partial charge in [-0.15, -0.1) is 11.3 Å². The van der Waals surface area contributed by atoms with Crippen LogP contribution in [0.5, 0.6) is 0 Å². The van der Waals surface area contributed by atoms with E-state index in [0.29, 0.717) is 23.5 Å². The molecule has 1 aromatic heterocycles. The maximum atomic E-state index is 11.7. The summed E-state index contributed by atoms with van der Waals surface area (Å²) >= 11 is 1.66. The van der Waals surface area contributed by atoms with Gasteiger partial charge in [0, 0.05) is 22.4 Å². The van der Waals surface area contributed by atoms with E-state index in [-0.39, 0.29) is 0 Å². The van der Waals surface area contributed by atoms with Crippen molar-refractivity contribution >= 4 is 28.7 Å². The summed E-state index contributed by atoms with van der Waals surface area (Å²) < 4.78 is 4.76. The van der Waals surface area contributed by atoms with E-state index in [1.54, 1.807) is 29.5 Å². The molecule has 0 radical (unpaired) electrons. The molecule has 106 valence electrons.